The maximum atomic E-state index is 13.2. The molecule has 0 bridgehead atoms. The molecule has 0 aliphatic carbocycles. The minimum atomic E-state index is -0.442. The number of benzene rings is 3. The predicted octanol–water partition coefficient (Wildman–Crippen LogP) is 6.98. The SMILES string of the molecule is Fc1ccc(NCc2ccc(OCc3ccc(Cl)cc3)c(Cl)c2)cc1Cl. The van der Waals surface area contributed by atoms with E-state index < -0.39 is 5.82 Å². The molecule has 0 radical (unpaired) electrons. The van der Waals surface area contributed by atoms with Crippen molar-refractivity contribution in [1.29, 1.82) is 0 Å². The van der Waals surface area contributed by atoms with Gasteiger partial charge in [-0.05, 0) is 53.6 Å². The van der Waals surface area contributed by atoms with Gasteiger partial charge in [-0.15, -0.1) is 0 Å². The van der Waals surface area contributed by atoms with E-state index in [1.807, 2.05) is 42.5 Å². The summed E-state index contributed by atoms with van der Waals surface area (Å²) in [6.07, 6.45) is 0. The third kappa shape index (κ3) is 5.04. The van der Waals surface area contributed by atoms with Crippen molar-refractivity contribution < 1.29 is 9.13 Å². The molecule has 0 heterocycles. The lowest BCUT2D eigenvalue weighted by molar-refractivity contribution is 0.306. The van der Waals surface area contributed by atoms with Crippen LogP contribution in [0.4, 0.5) is 10.1 Å². The molecule has 134 valence electrons. The number of anilines is 1. The third-order valence-electron chi connectivity index (χ3n) is 3.72. The summed E-state index contributed by atoms with van der Waals surface area (Å²) in [5.74, 6) is 0.164. The van der Waals surface area contributed by atoms with E-state index >= 15 is 0 Å². The summed E-state index contributed by atoms with van der Waals surface area (Å²) < 4.78 is 18.9. The lowest BCUT2D eigenvalue weighted by atomic mass is 10.2. The van der Waals surface area contributed by atoms with Gasteiger partial charge in [0.15, 0.2) is 0 Å². The summed E-state index contributed by atoms with van der Waals surface area (Å²) in [5.41, 5.74) is 2.70. The molecule has 0 aliphatic rings. The van der Waals surface area contributed by atoms with E-state index in [9.17, 15) is 4.39 Å². The van der Waals surface area contributed by atoms with Gasteiger partial charge in [0.1, 0.15) is 18.2 Å². The Kier molecular flexibility index (Phi) is 6.25. The van der Waals surface area contributed by atoms with E-state index in [1.165, 1.54) is 6.07 Å². The van der Waals surface area contributed by atoms with Crippen molar-refractivity contribution in [2.45, 2.75) is 13.2 Å². The maximum Gasteiger partial charge on any atom is 0.141 e. The fraction of sp³-hybridized carbons (Fsp3) is 0.100. The fourth-order valence-electron chi connectivity index (χ4n) is 2.32. The average Bonchev–Trinajstić information content (AvgIpc) is 2.63. The van der Waals surface area contributed by atoms with Gasteiger partial charge in [-0.2, -0.15) is 0 Å². The molecular weight excluding hydrogens is 396 g/mol. The van der Waals surface area contributed by atoms with Crippen LogP contribution in [0.3, 0.4) is 0 Å². The van der Waals surface area contributed by atoms with Gasteiger partial charge in [0.2, 0.25) is 0 Å². The van der Waals surface area contributed by atoms with E-state index in [1.54, 1.807) is 12.1 Å². The van der Waals surface area contributed by atoms with Crippen LogP contribution in [0.25, 0.3) is 0 Å². The summed E-state index contributed by atoms with van der Waals surface area (Å²) in [5, 5.41) is 4.47. The Balaban J connectivity index is 1.59. The van der Waals surface area contributed by atoms with Gasteiger partial charge in [0.25, 0.3) is 0 Å². The van der Waals surface area contributed by atoms with Crippen LogP contribution in [0.5, 0.6) is 5.75 Å². The molecule has 0 saturated heterocycles. The Bertz CT molecular complexity index is 900. The first-order valence-electron chi connectivity index (χ1n) is 7.86. The fourth-order valence-corrected chi connectivity index (χ4v) is 2.89. The highest BCUT2D eigenvalue weighted by Gasteiger charge is 2.05. The van der Waals surface area contributed by atoms with Crippen LogP contribution in [-0.2, 0) is 13.2 Å². The van der Waals surface area contributed by atoms with Crippen LogP contribution in [-0.4, -0.2) is 0 Å². The Morgan fingerprint density at radius 1 is 0.808 bits per heavy atom. The molecule has 0 saturated carbocycles. The lowest BCUT2D eigenvalue weighted by Crippen LogP contribution is -2.01. The molecular formula is C20H15Cl3FNO. The molecule has 0 aromatic heterocycles. The second-order valence-electron chi connectivity index (χ2n) is 5.66. The molecule has 26 heavy (non-hydrogen) atoms. The summed E-state index contributed by atoms with van der Waals surface area (Å²) in [7, 11) is 0. The summed E-state index contributed by atoms with van der Waals surface area (Å²) in [6.45, 7) is 0.932. The first-order chi connectivity index (χ1) is 12.5. The van der Waals surface area contributed by atoms with E-state index in [2.05, 4.69) is 5.32 Å². The number of nitrogens with one attached hydrogen (secondary N) is 1. The quantitative estimate of drug-likeness (QED) is 0.473. The predicted molar refractivity (Wildman–Crippen MR) is 106 cm³/mol. The second kappa shape index (κ2) is 8.63. The molecule has 0 unspecified atom stereocenters. The van der Waals surface area contributed by atoms with Crippen LogP contribution in [0.1, 0.15) is 11.1 Å². The maximum absolute atomic E-state index is 13.2. The van der Waals surface area contributed by atoms with E-state index in [0.717, 1.165) is 16.8 Å². The third-order valence-corrected chi connectivity index (χ3v) is 4.56. The van der Waals surface area contributed by atoms with Gasteiger partial charge in [0.05, 0.1) is 10.0 Å². The van der Waals surface area contributed by atoms with Gasteiger partial charge in [0, 0.05) is 17.3 Å². The van der Waals surface area contributed by atoms with Gasteiger partial charge in [-0.1, -0.05) is 53.0 Å². The van der Waals surface area contributed by atoms with Crippen LogP contribution >= 0.6 is 34.8 Å². The minimum absolute atomic E-state index is 0.0824. The van der Waals surface area contributed by atoms with Gasteiger partial charge >= 0.3 is 0 Å². The molecule has 2 nitrogen and oxygen atoms in total. The highest BCUT2D eigenvalue weighted by atomic mass is 35.5. The Hall–Kier alpha value is -1.94. The van der Waals surface area contributed by atoms with Gasteiger partial charge in [-0.3, -0.25) is 0 Å². The molecule has 3 rings (SSSR count). The molecule has 0 fully saturated rings. The largest absolute Gasteiger partial charge is 0.487 e. The molecule has 0 spiro atoms. The summed E-state index contributed by atoms with van der Waals surface area (Å²) in [6, 6.07) is 17.5. The smallest absolute Gasteiger partial charge is 0.141 e. The highest BCUT2D eigenvalue weighted by molar-refractivity contribution is 6.32. The topological polar surface area (TPSA) is 21.3 Å². The van der Waals surface area contributed by atoms with Crippen molar-refractivity contribution >= 4 is 40.5 Å². The van der Waals surface area contributed by atoms with Gasteiger partial charge < -0.3 is 10.1 Å². The lowest BCUT2D eigenvalue weighted by Gasteiger charge is -2.11. The zero-order valence-corrected chi connectivity index (χ0v) is 15.9. The Labute approximate surface area is 166 Å². The number of ether oxygens (including phenoxy) is 1. The van der Waals surface area contributed by atoms with E-state index in [4.69, 9.17) is 39.5 Å². The minimum Gasteiger partial charge on any atom is -0.487 e. The van der Waals surface area contributed by atoms with Crippen LogP contribution in [0.2, 0.25) is 15.1 Å². The molecule has 6 heteroatoms. The number of rotatable bonds is 6. The first-order valence-corrected chi connectivity index (χ1v) is 8.99. The number of hydrogen-bond acceptors (Lipinski definition) is 2. The highest BCUT2D eigenvalue weighted by Crippen LogP contribution is 2.27. The summed E-state index contributed by atoms with van der Waals surface area (Å²) in [4.78, 5) is 0. The van der Waals surface area contributed by atoms with Crippen molar-refractivity contribution in [3.05, 3.63) is 92.7 Å². The molecule has 0 amide bonds. The van der Waals surface area contributed by atoms with Crippen molar-refractivity contribution in [3.8, 4) is 5.75 Å². The van der Waals surface area contributed by atoms with E-state index in [0.29, 0.717) is 28.9 Å². The van der Waals surface area contributed by atoms with Crippen molar-refractivity contribution in [1.82, 2.24) is 0 Å². The summed E-state index contributed by atoms with van der Waals surface area (Å²) >= 11 is 17.9. The van der Waals surface area contributed by atoms with Crippen molar-refractivity contribution in [2.75, 3.05) is 5.32 Å². The monoisotopic (exact) mass is 409 g/mol. The molecule has 3 aromatic carbocycles. The Morgan fingerprint density at radius 3 is 2.23 bits per heavy atom. The van der Waals surface area contributed by atoms with Crippen LogP contribution < -0.4 is 10.1 Å². The molecule has 1 N–H and O–H groups in total. The zero-order chi connectivity index (χ0) is 18.5. The molecule has 3 aromatic rings. The van der Waals surface area contributed by atoms with E-state index in [-0.39, 0.29) is 5.02 Å². The first kappa shape index (κ1) is 18.8. The molecule has 0 aliphatic heterocycles. The normalized spacial score (nSPS) is 10.6. The second-order valence-corrected chi connectivity index (χ2v) is 6.91. The standard InChI is InChI=1S/C20H15Cl3FNO/c21-15-4-1-13(2-5-15)12-26-20-8-3-14(9-18(20)23)11-25-16-6-7-19(24)17(22)10-16/h1-10,25H,11-12H2. The average molecular weight is 411 g/mol. The van der Waals surface area contributed by atoms with Crippen LogP contribution in [0, 0.1) is 5.82 Å². The number of hydrogen-bond donors (Lipinski definition) is 1. The van der Waals surface area contributed by atoms with Crippen molar-refractivity contribution in [2.24, 2.45) is 0 Å². The van der Waals surface area contributed by atoms with Gasteiger partial charge in [-0.25, -0.2) is 4.39 Å². The zero-order valence-electron chi connectivity index (χ0n) is 13.6. The Morgan fingerprint density at radius 2 is 1.54 bits per heavy atom. The number of halogens is 4. The molecule has 0 atom stereocenters. The van der Waals surface area contributed by atoms with Crippen molar-refractivity contribution in [3.63, 3.8) is 0 Å². The van der Waals surface area contributed by atoms with Crippen LogP contribution in [0.15, 0.2) is 60.7 Å².